The van der Waals surface area contributed by atoms with Crippen molar-refractivity contribution in [1.82, 2.24) is 0 Å². The second-order valence-electron chi connectivity index (χ2n) is 9.24. The number of esters is 2. The summed E-state index contributed by atoms with van der Waals surface area (Å²) < 4.78 is 22.9. The Morgan fingerprint density at radius 3 is 2.82 bits per heavy atom. The Morgan fingerprint density at radius 1 is 1.43 bits per heavy atom. The van der Waals surface area contributed by atoms with Crippen LogP contribution in [0.3, 0.4) is 0 Å². The zero-order valence-corrected chi connectivity index (χ0v) is 16.2. The van der Waals surface area contributed by atoms with Crippen LogP contribution in [0, 0.1) is 23.7 Å². The first-order valence-corrected chi connectivity index (χ1v) is 9.93. The monoisotopic (exact) mass is 394 g/mol. The van der Waals surface area contributed by atoms with E-state index < -0.39 is 65.0 Å². The minimum absolute atomic E-state index is 0.0400. The predicted octanol–water partition coefficient (Wildman–Crippen LogP) is 0.299. The molecule has 0 bridgehead atoms. The maximum atomic E-state index is 12.5. The van der Waals surface area contributed by atoms with E-state index in [2.05, 4.69) is 6.58 Å². The SMILES string of the molecule is C=C1C(=O)O[C@H]2[C@H]1[C@H](OC(=O)[C@H](C)CC)C[C@]1(O)CO[C@@]3(O)[C@@H]1[C@@H]2[C@]1(C)O[C@@H]13. The topological polar surface area (TPSA) is 115 Å². The highest BCUT2D eigenvalue weighted by Gasteiger charge is 2.87. The summed E-state index contributed by atoms with van der Waals surface area (Å²) in [4.78, 5) is 24.9. The van der Waals surface area contributed by atoms with Gasteiger partial charge in [-0.3, -0.25) is 4.79 Å². The molecule has 8 nitrogen and oxygen atoms in total. The Kier molecular flexibility index (Phi) is 3.55. The van der Waals surface area contributed by atoms with Crippen molar-refractivity contribution in [3.63, 3.8) is 0 Å². The molecule has 8 heteroatoms. The molecule has 0 aromatic carbocycles. The van der Waals surface area contributed by atoms with Crippen LogP contribution in [0.25, 0.3) is 0 Å². The van der Waals surface area contributed by atoms with Gasteiger partial charge in [0.05, 0.1) is 24.4 Å². The third kappa shape index (κ3) is 2.04. The molecule has 0 aromatic rings. The van der Waals surface area contributed by atoms with E-state index in [1.807, 2.05) is 13.8 Å². The molecule has 0 aromatic heterocycles. The second kappa shape index (κ2) is 5.36. The van der Waals surface area contributed by atoms with Gasteiger partial charge in [0.15, 0.2) is 0 Å². The van der Waals surface area contributed by atoms with Gasteiger partial charge in [-0.05, 0) is 13.3 Å². The van der Waals surface area contributed by atoms with Crippen molar-refractivity contribution in [3.05, 3.63) is 12.2 Å². The van der Waals surface area contributed by atoms with Gasteiger partial charge >= 0.3 is 11.9 Å². The molecule has 0 amide bonds. The van der Waals surface area contributed by atoms with Crippen molar-refractivity contribution in [3.8, 4) is 0 Å². The normalized spacial score (nSPS) is 54.3. The number of ether oxygens (including phenoxy) is 4. The standard InChI is InChI=1S/C20H26O8/c1-5-8(2)15(21)26-10-6-19(23)7-25-20(24)14(19)12(18(4)17(20)28-18)13-11(10)9(3)16(22)27-13/h8,10-14,17,23-24H,3,5-7H2,1-2,4H3/t8-,10-,11-,12-,13+,14-,17+,18+,19+,20+/m1/s1. The van der Waals surface area contributed by atoms with E-state index in [9.17, 15) is 19.8 Å². The highest BCUT2D eigenvalue weighted by Crippen LogP contribution is 2.70. The van der Waals surface area contributed by atoms with Crippen LogP contribution in [-0.2, 0) is 28.5 Å². The van der Waals surface area contributed by atoms with E-state index in [1.165, 1.54) is 0 Å². The zero-order valence-electron chi connectivity index (χ0n) is 16.2. The number of carbonyl (C=O) groups is 2. The fourth-order valence-corrected chi connectivity index (χ4v) is 6.00. The molecule has 28 heavy (non-hydrogen) atoms. The van der Waals surface area contributed by atoms with Gasteiger partial charge in [0, 0.05) is 17.9 Å². The number of hydrogen-bond acceptors (Lipinski definition) is 8. The number of carbonyl (C=O) groups excluding carboxylic acids is 2. The van der Waals surface area contributed by atoms with Crippen molar-refractivity contribution < 1.29 is 38.7 Å². The van der Waals surface area contributed by atoms with Crippen molar-refractivity contribution in [1.29, 1.82) is 0 Å². The fourth-order valence-electron chi connectivity index (χ4n) is 6.00. The van der Waals surface area contributed by atoms with Crippen LogP contribution in [0.5, 0.6) is 0 Å². The van der Waals surface area contributed by atoms with Crippen LogP contribution >= 0.6 is 0 Å². The largest absolute Gasteiger partial charge is 0.461 e. The molecular weight excluding hydrogens is 368 g/mol. The molecule has 2 N–H and O–H groups in total. The van der Waals surface area contributed by atoms with Crippen LogP contribution in [0.4, 0.5) is 0 Å². The highest BCUT2D eigenvalue weighted by molar-refractivity contribution is 5.91. The average molecular weight is 394 g/mol. The fraction of sp³-hybridized carbons (Fsp3) is 0.800. The number of hydrogen-bond donors (Lipinski definition) is 2. The minimum atomic E-state index is -1.65. The number of epoxide rings is 1. The molecule has 2 saturated carbocycles. The van der Waals surface area contributed by atoms with Gasteiger partial charge in [0.1, 0.15) is 29.5 Å². The summed E-state index contributed by atoms with van der Waals surface area (Å²) >= 11 is 0. The molecular formula is C20H26O8. The summed E-state index contributed by atoms with van der Waals surface area (Å²) in [6, 6.07) is 0. The Balaban J connectivity index is 1.58. The van der Waals surface area contributed by atoms with Crippen molar-refractivity contribution in [2.24, 2.45) is 23.7 Å². The molecule has 154 valence electrons. The van der Waals surface area contributed by atoms with Crippen molar-refractivity contribution in [2.75, 3.05) is 6.61 Å². The molecule has 10 atom stereocenters. The Bertz CT molecular complexity index is 780. The van der Waals surface area contributed by atoms with E-state index >= 15 is 0 Å². The summed E-state index contributed by atoms with van der Waals surface area (Å²) in [5, 5.41) is 22.6. The average Bonchev–Trinajstić information content (AvgIpc) is 3.12. The van der Waals surface area contributed by atoms with E-state index in [0.717, 1.165) is 0 Å². The van der Waals surface area contributed by atoms with Crippen LogP contribution in [0.1, 0.15) is 33.6 Å². The van der Waals surface area contributed by atoms with E-state index in [1.54, 1.807) is 6.92 Å². The summed E-state index contributed by atoms with van der Waals surface area (Å²) in [6.07, 6.45) is -1.44. The summed E-state index contributed by atoms with van der Waals surface area (Å²) in [5.74, 6) is -4.69. The molecule has 0 radical (unpaired) electrons. The zero-order chi connectivity index (χ0) is 20.2. The lowest BCUT2D eigenvalue weighted by molar-refractivity contribution is -0.220. The van der Waals surface area contributed by atoms with Gasteiger partial charge in [0.25, 0.3) is 0 Å². The molecule has 0 spiro atoms. The molecule has 5 rings (SSSR count). The van der Waals surface area contributed by atoms with Crippen molar-refractivity contribution in [2.45, 2.75) is 68.9 Å². The predicted molar refractivity (Wildman–Crippen MR) is 92.6 cm³/mol. The number of aliphatic hydroxyl groups is 2. The summed E-state index contributed by atoms with van der Waals surface area (Å²) in [6.45, 7) is 9.27. The number of rotatable bonds is 3. The maximum Gasteiger partial charge on any atom is 0.334 e. The Morgan fingerprint density at radius 2 is 2.14 bits per heavy atom. The number of fused-ring (bicyclic) bond motifs is 5. The van der Waals surface area contributed by atoms with Gasteiger partial charge in [-0.25, -0.2) is 4.79 Å². The summed E-state index contributed by atoms with van der Waals surface area (Å²) in [5.41, 5.74) is -1.97. The molecule has 0 unspecified atom stereocenters. The lowest BCUT2D eigenvalue weighted by atomic mass is 9.74. The lowest BCUT2D eigenvalue weighted by Crippen LogP contribution is -2.50. The second-order valence-corrected chi connectivity index (χ2v) is 9.24. The van der Waals surface area contributed by atoms with Gasteiger partial charge in [-0.1, -0.05) is 20.4 Å². The summed E-state index contributed by atoms with van der Waals surface area (Å²) in [7, 11) is 0. The lowest BCUT2D eigenvalue weighted by Gasteiger charge is -2.36. The van der Waals surface area contributed by atoms with Crippen LogP contribution in [0.2, 0.25) is 0 Å². The first kappa shape index (κ1) is 18.5. The maximum absolute atomic E-state index is 12.5. The van der Waals surface area contributed by atoms with Crippen LogP contribution in [-0.4, -0.2) is 64.1 Å². The van der Waals surface area contributed by atoms with Gasteiger partial charge < -0.3 is 29.2 Å². The van der Waals surface area contributed by atoms with Crippen molar-refractivity contribution >= 4 is 11.9 Å². The van der Waals surface area contributed by atoms with Gasteiger partial charge in [-0.2, -0.15) is 0 Å². The van der Waals surface area contributed by atoms with Crippen LogP contribution in [0.15, 0.2) is 12.2 Å². The highest BCUT2D eigenvalue weighted by atomic mass is 16.7. The third-order valence-electron chi connectivity index (χ3n) is 7.66. The Labute approximate surface area is 162 Å². The molecule has 3 heterocycles. The molecule has 5 aliphatic rings. The first-order valence-electron chi connectivity index (χ1n) is 9.93. The molecule has 3 saturated heterocycles. The Hall–Kier alpha value is -1.48. The minimum Gasteiger partial charge on any atom is -0.461 e. The van der Waals surface area contributed by atoms with E-state index in [-0.39, 0.29) is 24.5 Å². The van der Waals surface area contributed by atoms with Crippen LogP contribution < -0.4 is 0 Å². The smallest absolute Gasteiger partial charge is 0.334 e. The third-order valence-corrected chi connectivity index (χ3v) is 7.66. The first-order chi connectivity index (χ1) is 13.1. The molecule has 3 aliphatic heterocycles. The molecule has 5 fully saturated rings. The van der Waals surface area contributed by atoms with Gasteiger partial charge in [0.2, 0.25) is 5.79 Å². The quantitative estimate of drug-likeness (QED) is 0.399. The van der Waals surface area contributed by atoms with Gasteiger partial charge in [-0.15, -0.1) is 0 Å². The molecule has 2 aliphatic carbocycles. The van der Waals surface area contributed by atoms with E-state index in [4.69, 9.17) is 18.9 Å². The van der Waals surface area contributed by atoms with E-state index in [0.29, 0.717) is 6.42 Å².